The zero-order valence-corrected chi connectivity index (χ0v) is 16.7. The highest BCUT2D eigenvalue weighted by Crippen LogP contribution is 2.37. The molecule has 7 heteroatoms. The Hall–Kier alpha value is -2.80. The number of nitrogens with one attached hydrogen (secondary N) is 2. The van der Waals surface area contributed by atoms with E-state index in [1.807, 2.05) is 66.2 Å². The fourth-order valence-electron chi connectivity index (χ4n) is 3.33. The van der Waals surface area contributed by atoms with Crippen molar-refractivity contribution in [2.24, 2.45) is 0 Å². The molecular formula is C21H23N5OS. The molecule has 2 N–H and O–H groups in total. The molecule has 3 aromatic rings. The molecule has 0 spiro atoms. The van der Waals surface area contributed by atoms with Gasteiger partial charge in [-0.05, 0) is 36.6 Å². The van der Waals surface area contributed by atoms with Gasteiger partial charge in [0.05, 0.1) is 6.04 Å². The number of carbonyl (C=O) groups excluding carboxylic acids is 1. The summed E-state index contributed by atoms with van der Waals surface area (Å²) in [6.45, 7) is 4.13. The van der Waals surface area contributed by atoms with Gasteiger partial charge in [0.1, 0.15) is 5.25 Å². The highest BCUT2D eigenvalue weighted by atomic mass is 32.2. The van der Waals surface area contributed by atoms with Gasteiger partial charge in [0, 0.05) is 12.1 Å². The number of nitrogens with zero attached hydrogens (tertiary/aromatic N) is 3. The van der Waals surface area contributed by atoms with Gasteiger partial charge in [-0.25, -0.2) is 4.68 Å². The first-order chi connectivity index (χ1) is 13.7. The van der Waals surface area contributed by atoms with Crippen LogP contribution in [0, 0.1) is 6.92 Å². The minimum Gasteiger partial charge on any atom is -0.325 e. The molecule has 0 bridgehead atoms. The van der Waals surface area contributed by atoms with Crippen molar-refractivity contribution in [2.45, 2.75) is 43.1 Å². The summed E-state index contributed by atoms with van der Waals surface area (Å²) in [5.41, 5.74) is 6.45. The molecule has 0 fully saturated rings. The predicted octanol–water partition coefficient (Wildman–Crippen LogP) is 3.94. The van der Waals surface area contributed by atoms with E-state index in [2.05, 4.69) is 27.9 Å². The maximum atomic E-state index is 13.2. The van der Waals surface area contributed by atoms with Crippen LogP contribution in [0.3, 0.4) is 0 Å². The van der Waals surface area contributed by atoms with E-state index in [4.69, 9.17) is 0 Å². The van der Waals surface area contributed by atoms with Crippen molar-refractivity contribution in [3.63, 3.8) is 0 Å². The van der Waals surface area contributed by atoms with Crippen LogP contribution in [-0.4, -0.2) is 26.0 Å². The van der Waals surface area contributed by atoms with Crippen molar-refractivity contribution < 1.29 is 4.79 Å². The highest BCUT2D eigenvalue weighted by Gasteiger charge is 2.37. The smallest absolute Gasteiger partial charge is 0.240 e. The van der Waals surface area contributed by atoms with Crippen LogP contribution < -0.4 is 10.7 Å². The fraction of sp³-hybridized carbons (Fsp3) is 0.286. The molecule has 0 aliphatic carbocycles. The third-order valence-electron chi connectivity index (χ3n) is 4.68. The van der Waals surface area contributed by atoms with Crippen molar-refractivity contribution in [2.75, 3.05) is 10.7 Å². The lowest BCUT2D eigenvalue weighted by molar-refractivity contribution is -0.116. The summed E-state index contributed by atoms with van der Waals surface area (Å²) in [5, 5.41) is 12.0. The first kappa shape index (κ1) is 18.6. The zero-order chi connectivity index (χ0) is 19.5. The predicted molar refractivity (Wildman–Crippen MR) is 112 cm³/mol. The molecule has 144 valence electrons. The van der Waals surface area contributed by atoms with E-state index in [0.29, 0.717) is 0 Å². The second-order valence-corrected chi connectivity index (χ2v) is 8.01. The molecule has 2 aromatic carbocycles. The van der Waals surface area contributed by atoms with E-state index in [0.717, 1.165) is 40.6 Å². The van der Waals surface area contributed by atoms with Gasteiger partial charge in [-0.15, -0.1) is 10.2 Å². The maximum Gasteiger partial charge on any atom is 0.240 e. The largest absolute Gasteiger partial charge is 0.325 e. The Morgan fingerprint density at radius 3 is 2.75 bits per heavy atom. The normalized spacial score (nSPS) is 18.2. The highest BCUT2D eigenvalue weighted by molar-refractivity contribution is 8.00. The number of thioether (sulfide) groups is 1. The summed E-state index contributed by atoms with van der Waals surface area (Å²) in [7, 11) is 0. The lowest BCUT2D eigenvalue weighted by Gasteiger charge is -2.33. The van der Waals surface area contributed by atoms with E-state index in [1.165, 1.54) is 11.8 Å². The number of amides is 1. The number of rotatable bonds is 5. The fourth-order valence-corrected chi connectivity index (χ4v) is 4.43. The van der Waals surface area contributed by atoms with Gasteiger partial charge in [0.25, 0.3) is 0 Å². The second kappa shape index (κ2) is 8.06. The first-order valence-corrected chi connectivity index (χ1v) is 10.3. The number of aryl methyl sites for hydroxylation is 2. The second-order valence-electron chi connectivity index (χ2n) is 6.90. The minimum atomic E-state index is -0.367. The summed E-state index contributed by atoms with van der Waals surface area (Å²) < 4.78 is 1.93. The summed E-state index contributed by atoms with van der Waals surface area (Å²) in [4.78, 5) is 13.2. The van der Waals surface area contributed by atoms with Gasteiger partial charge < -0.3 is 10.7 Å². The topological polar surface area (TPSA) is 71.8 Å². The number of hydrogen-bond donors (Lipinski definition) is 2. The first-order valence-electron chi connectivity index (χ1n) is 9.45. The van der Waals surface area contributed by atoms with Gasteiger partial charge in [-0.1, -0.05) is 61.2 Å². The molecule has 1 amide bonds. The monoisotopic (exact) mass is 393 g/mol. The van der Waals surface area contributed by atoms with Gasteiger partial charge in [-0.3, -0.25) is 4.79 Å². The van der Waals surface area contributed by atoms with Crippen LogP contribution in [0.5, 0.6) is 0 Å². The van der Waals surface area contributed by atoms with E-state index >= 15 is 0 Å². The van der Waals surface area contributed by atoms with Crippen molar-refractivity contribution in [1.82, 2.24) is 14.9 Å². The molecule has 28 heavy (non-hydrogen) atoms. The number of aromatic nitrogens is 3. The lowest BCUT2D eigenvalue weighted by Crippen LogP contribution is -2.41. The van der Waals surface area contributed by atoms with E-state index in [1.54, 1.807) is 0 Å². The summed E-state index contributed by atoms with van der Waals surface area (Å²) in [5.74, 6) is 0.840. The Labute approximate surface area is 168 Å². The number of anilines is 1. The van der Waals surface area contributed by atoms with Crippen molar-refractivity contribution in [1.29, 1.82) is 0 Å². The maximum absolute atomic E-state index is 13.2. The van der Waals surface area contributed by atoms with Crippen LogP contribution in [0.4, 0.5) is 5.69 Å². The molecule has 1 aromatic heterocycles. The van der Waals surface area contributed by atoms with Crippen LogP contribution in [0.1, 0.15) is 36.3 Å². The molecule has 0 saturated heterocycles. The number of benzene rings is 2. The molecule has 1 aliphatic rings. The van der Waals surface area contributed by atoms with Crippen molar-refractivity contribution in [3.05, 3.63) is 71.5 Å². The van der Waals surface area contributed by atoms with Crippen molar-refractivity contribution >= 4 is 23.4 Å². The molecule has 0 radical (unpaired) electrons. The molecular weight excluding hydrogens is 370 g/mol. The molecule has 6 nitrogen and oxygen atoms in total. The molecule has 0 unspecified atom stereocenters. The third kappa shape index (κ3) is 3.75. The summed E-state index contributed by atoms with van der Waals surface area (Å²) >= 11 is 1.45. The summed E-state index contributed by atoms with van der Waals surface area (Å²) in [6, 6.07) is 17.7. The Balaban J connectivity index is 1.65. The van der Waals surface area contributed by atoms with E-state index in [9.17, 15) is 4.79 Å². The Kier molecular flexibility index (Phi) is 5.34. The quantitative estimate of drug-likeness (QED) is 0.687. The molecule has 2 heterocycles. The Morgan fingerprint density at radius 2 is 2.00 bits per heavy atom. The number of fused-ring (bicyclic) bond motifs is 1. The van der Waals surface area contributed by atoms with E-state index < -0.39 is 0 Å². The van der Waals surface area contributed by atoms with Crippen LogP contribution >= 0.6 is 11.8 Å². The molecule has 2 atom stereocenters. The van der Waals surface area contributed by atoms with Gasteiger partial charge >= 0.3 is 0 Å². The SMILES string of the molecule is CCCc1nnc2n1N[C@@H](c1ccccc1)[C@H](C(=O)Nc1cccc(C)c1)S2. The molecule has 0 saturated carbocycles. The van der Waals surface area contributed by atoms with Gasteiger partial charge in [-0.2, -0.15) is 0 Å². The average Bonchev–Trinajstić information content (AvgIpc) is 3.10. The van der Waals surface area contributed by atoms with Crippen LogP contribution in [0.2, 0.25) is 0 Å². The number of carbonyl (C=O) groups is 1. The van der Waals surface area contributed by atoms with E-state index in [-0.39, 0.29) is 17.2 Å². The van der Waals surface area contributed by atoms with Crippen LogP contribution in [0.25, 0.3) is 0 Å². The molecule has 1 aliphatic heterocycles. The summed E-state index contributed by atoms with van der Waals surface area (Å²) in [6.07, 6.45) is 1.82. The zero-order valence-electron chi connectivity index (χ0n) is 15.9. The average molecular weight is 394 g/mol. The molecule has 4 rings (SSSR count). The third-order valence-corrected chi connectivity index (χ3v) is 5.90. The van der Waals surface area contributed by atoms with Crippen LogP contribution in [-0.2, 0) is 11.2 Å². The number of hydrogen-bond acceptors (Lipinski definition) is 5. The standard InChI is InChI=1S/C21H23N5OS/c1-3-8-17-23-24-21-26(17)25-18(15-10-5-4-6-11-15)19(28-21)20(27)22-16-12-7-9-14(2)13-16/h4-7,9-13,18-19,25H,3,8H2,1-2H3,(H,22,27)/t18-,19+/m0/s1. The van der Waals surface area contributed by atoms with Crippen molar-refractivity contribution in [3.8, 4) is 0 Å². The minimum absolute atomic E-state index is 0.0526. The Morgan fingerprint density at radius 1 is 1.18 bits per heavy atom. The van der Waals surface area contributed by atoms with Gasteiger partial charge in [0.15, 0.2) is 5.82 Å². The van der Waals surface area contributed by atoms with Crippen LogP contribution in [0.15, 0.2) is 59.8 Å². The lowest BCUT2D eigenvalue weighted by atomic mass is 10.0. The Bertz CT molecular complexity index is 972. The van der Waals surface area contributed by atoms with Gasteiger partial charge in [0.2, 0.25) is 11.1 Å².